The first-order valence-corrected chi connectivity index (χ1v) is 7.17. The fourth-order valence-corrected chi connectivity index (χ4v) is 3.10. The van der Waals surface area contributed by atoms with Crippen molar-refractivity contribution in [1.82, 2.24) is 10.6 Å². The van der Waals surface area contributed by atoms with Crippen molar-refractivity contribution < 1.29 is 9.18 Å². The summed E-state index contributed by atoms with van der Waals surface area (Å²) in [5.41, 5.74) is 3.39. The van der Waals surface area contributed by atoms with Crippen LogP contribution in [0.3, 0.4) is 0 Å². The fraction of sp³-hybridized carbons (Fsp3) is 0.500. The van der Waals surface area contributed by atoms with Crippen molar-refractivity contribution in [3.8, 4) is 0 Å². The van der Waals surface area contributed by atoms with E-state index in [1.54, 1.807) is 0 Å². The van der Waals surface area contributed by atoms with Gasteiger partial charge in [-0.1, -0.05) is 15.9 Å². The first-order chi connectivity index (χ1) is 8.97. The molecule has 2 N–H and O–H groups in total. The Labute approximate surface area is 133 Å². The molecule has 1 saturated heterocycles. The van der Waals surface area contributed by atoms with Gasteiger partial charge in [0.1, 0.15) is 6.17 Å². The molecule has 1 aromatic carbocycles. The summed E-state index contributed by atoms with van der Waals surface area (Å²) in [6.07, 6.45) is -0.642. The highest BCUT2D eigenvalue weighted by Crippen LogP contribution is 2.20. The van der Waals surface area contributed by atoms with Crippen LogP contribution in [0.5, 0.6) is 0 Å². The Morgan fingerprint density at radius 3 is 2.55 bits per heavy atom. The van der Waals surface area contributed by atoms with E-state index < -0.39 is 12.2 Å². The van der Waals surface area contributed by atoms with E-state index in [-0.39, 0.29) is 31.3 Å². The van der Waals surface area contributed by atoms with Crippen LogP contribution in [0, 0.1) is 13.8 Å². The van der Waals surface area contributed by atoms with Crippen LogP contribution in [-0.2, 0) is 11.3 Å². The van der Waals surface area contributed by atoms with Crippen molar-refractivity contribution in [3.63, 3.8) is 0 Å². The van der Waals surface area contributed by atoms with Crippen molar-refractivity contribution in [1.29, 1.82) is 0 Å². The minimum Gasteiger partial charge on any atom is -0.351 e. The second-order valence-corrected chi connectivity index (χ2v) is 5.95. The van der Waals surface area contributed by atoms with Crippen LogP contribution in [0.2, 0.25) is 0 Å². The topological polar surface area (TPSA) is 41.1 Å². The third-order valence-electron chi connectivity index (χ3n) is 3.49. The highest BCUT2D eigenvalue weighted by Gasteiger charge is 2.28. The predicted octanol–water partition coefficient (Wildman–Crippen LogP) is 2.80. The number of hydrogen-bond acceptors (Lipinski definition) is 2. The van der Waals surface area contributed by atoms with Crippen LogP contribution in [-0.4, -0.2) is 24.7 Å². The summed E-state index contributed by atoms with van der Waals surface area (Å²) in [5, 5.41) is 5.77. The Balaban J connectivity index is 0.00000200. The van der Waals surface area contributed by atoms with Crippen molar-refractivity contribution in [2.45, 2.75) is 39.0 Å². The number of carbonyl (C=O) groups is 1. The van der Waals surface area contributed by atoms with Gasteiger partial charge in [0.15, 0.2) is 0 Å². The highest BCUT2D eigenvalue weighted by atomic mass is 79.9. The van der Waals surface area contributed by atoms with Gasteiger partial charge in [-0.15, -0.1) is 12.4 Å². The van der Waals surface area contributed by atoms with Gasteiger partial charge < -0.3 is 10.6 Å². The minimum absolute atomic E-state index is 0. The Morgan fingerprint density at radius 2 is 2.05 bits per heavy atom. The van der Waals surface area contributed by atoms with E-state index in [0.29, 0.717) is 6.54 Å². The Morgan fingerprint density at radius 1 is 1.45 bits per heavy atom. The molecule has 112 valence electrons. The van der Waals surface area contributed by atoms with Gasteiger partial charge in [0.2, 0.25) is 5.91 Å². The SMILES string of the molecule is Cc1cc(Br)cc(C)c1CNC(=O)[C@H]1C[C@H](F)CN1.Cl. The molecule has 0 saturated carbocycles. The van der Waals surface area contributed by atoms with Gasteiger partial charge in [-0.2, -0.15) is 0 Å². The third kappa shape index (κ3) is 4.17. The monoisotopic (exact) mass is 364 g/mol. The maximum atomic E-state index is 13.0. The number of amides is 1. The first kappa shape index (κ1) is 17.4. The number of alkyl halides is 1. The van der Waals surface area contributed by atoms with Gasteiger partial charge in [-0.05, 0) is 42.7 Å². The summed E-state index contributed by atoms with van der Waals surface area (Å²) in [7, 11) is 0. The summed E-state index contributed by atoms with van der Waals surface area (Å²) in [4.78, 5) is 11.9. The molecule has 2 rings (SSSR count). The second-order valence-electron chi connectivity index (χ2n) is 5.03. The Bertz CT molecular complexity index is 475. The Kier molecular flexibility index (Phi) is 6.43. The molecule has 1 aliphatic heterocycles. The van der Waals surface area contributed by atoms with Gasteiger partial charge in [0.25, 0.3) is 0 Å². The molecule has 20 heavy (non-hydrogen) atoms. The molecule has 1 fully saturated rings. The lowest BCUT2D eigenvalue weighted by Crippen LogP contribution is -2.40. The number of carbonyl (C=O) groups excluding carboxylic acids is 1. The van der Waals surface area contributed by atoms with Crippen molar-refractivity contribution in [3.05, 3.63) is 33.3 Å². The molecule has 0 spiro atoms. The molecule has 0 unspecified atom stereocenters. The summed E-state index contributed by atoms with van der Waals surface area (Å²) >= 11 is 3.45. The van der Waals surface area contributed by atoms with Gasteiger partial charge in [0.05, 0.1) is 6.04 Å². The molecule has 1 aromatic rings. The molecule has 1 amide bonds. The molecule has 6 heteroatoms. The predicted molar refractivity (Wildman–Crippen MR) is 84.0 cm³/mol. The largest absolute Gasteiger partial charge is 0.351 e. The normalized spacial score (nSPS) is 21.4. The summed E-state index contributed by atoms with van der Waals surface area (Å²) in [6.45, 7) is 4.79. The lowest BCUT2D eigenvalue weighted by atomic mass is 10.0. The molecule has 0 radical (unpaired) electrons. The number of aryl methyl sites for hydroxylation is 2. The van der Waals surface area contributed by atoms with Crippen molar-refractivity contribution >= 4 is 34.2 Å². The molecule has 0 aliphatic carbocycles. The summed E-state index contributed by atoms with van der Waals surface area (Å²) < 4.78 is 14.1. The number of benzene rings is 1. The van der Waals surface area contributed by atoms with E-state index in [0.717, 1.165) is 21.2 Å². The molecule has 0 bridgehead atoms. The highest BCUT2D eigenvalue weighted by molar-refractivity contribution is 9.10. The van der Waals surface area contributed by atoms with Crippen LogP contribution in [0.25, 0.3) is 0 Å². The van der Waals surface area contributed by atoms with E-state index in [9.17, 15) is 9.18 Å². The second kappa shape index (κ2) is 7.38. The van der Waals surface area contributed by atoms with Gasteiger partial charge in [-0.3, -0.25) is 4.79 Å². The van der Waals surface area contributed by atoms with Gasteiger partial charge in [0, 0.05) is 24.0 Å². The number of hydrogen-bond donors (Lipinski definition) is 2. The van der Waals surface area contributed by atoms with Gasteiger partial charge in [-0.25, -0.2) is 4.39 Å². The smallest absolute Gasteiger partial charge is 0.237 e. The number of rotatable bonds is 3. The van der Waals surface area contributed by atoms with E-state index >= 15 is 0 Å². The lowest BCUT2D eigenvalue weighted by molar-refractivity contribution is -0.123. The molecule has 3 nitrogen and oxygen atoms in total. The van der Waals surface area contributed by atoms with Crippen LogP contribution >= 0.6 is 28.3 Å². The van der Waals surface area contributed by atoms with E-state index in [4.69, 9.17) is 0 Å². The zero-order valence-corrected chi connectivity index (χ0v) is 13.9. The molecular formula is C14H19BrClFN2O. The van der Waals surface area contributed by atoms with Gasteiger partial charge >= 0.3 is 0 Å². The van der Waals surface area contributed by atoms with Crippen LogP contribution in [0.4, 0.5) is 4.39 Å². The minimum atomic E-state index is -0.910. The van der Waals surface area contributed by atoms with E-state index in [2.05, 4.69) is 26.6 Å². The van der Waals surface area contributed by atoms with Crippen LogP contribution in [0.1, 0.15) is 23.1 Å². The molecule has 0 aromatic heterocycles. The molecule has 1 aliphatic rings. The maximum absolute atomic E-state index is 13.0. The summed E-state index contributed by atoms with van der Waals surface area (Å²) in [5.74, 6) is -0.123. The average Bonchev–Trinajstić information content (AvgIpc) is 2.74. The standard InChI is InChI=1S/C14H18BrFN2O.ClH/c1-8-3-10(15)4-9(2)12(8)7-18-14(19)13-5-11(16)6-17-13;/h3-4,11,13,17H,5-7H2,1-2H3,(H,18,19);1H/t11-,13+;/m0./s1. The first-order valence-electron chi connectivity index (χ1n) is 6.38. The average molecular weight is 366 g/mol. The zero-order chi connectivity index (χ0) is 14.0. The Hall–Kier alpha value is -0.650. The van der Waals surface area contributed by atoms with E-state index in [1.807, 2.05) is 26.0 Å². The molecular weight excluding hydrogens is 347 g/mol. The van der Waals surface area contributed by atoms with Crippen molar-refractivity contribution in [2.75, 3.05) is 6.54 Å². The van der Waals surface area contributed by atoms with Crippen LogP contribution < -0.4 is 10.6 Å². The van der Waals surface area contributed by atoms with E-state index in [1.165, 1.54) is 0 Å². The summed E-state index contributed by atoms with van der Waals surface area (Å²) in [6, 6.07) is 3.66. The quantitative estimate of drug-likeness (QED) is 0.865. The van der Waals surface area contributed by atoms with Crippen LogP contribution in [0.15, 0.2) is 16.6 Å². The fourth-order valence-electron chi connectivity index (χ4n) is 2.41. The maximum Gasteiger partial charge on any atom is 0.237 e. The number of halogens is 3. The lowest BCUT2D eigenvalue weighted by Gasteiger charge is -2.14. The zero-order valence-electron chi connectivity index (χ0n) is 11.5. The molecule has 2 atom stereocenters. The molecule has 1 heterocycles. The van der Waals surface area contributed by atoms with Crippen molar-refractivity contribution in [2.24, 2.45) is 0 Å². The third-order valence-corrected chi connectivity index (χ3v) is 3.95. The number of nitrogens with one attached hydrogen (secondary N) is 2.